The van der Waals surface area contributed by atoms with Gasteiger partial charge in [-0.25, -0.2) is 0 Å². The van der Waals surface area contributed by atoms with Gasteiger partial charge in [0.25, 0.3) is 0 Å². The van der Waals surface area contributed by atoms with E-state index in [0.29, 0.717) is 36.6 Å². The maximum atomic E-state index is 11.8. The van der Waals surface area contributed by atoms with Crippen molar-refractivity contribution in [1.29, 1.82) is 0 Å². The van der Waals surface area contributed by atoms with E-state index in [4.69, 9.17) is 4.74 Å². The predicted molar refractivity (Wildman–Crippen MR) is 85.5 cm³/mol. The lowest BCUT2D eigenvalue weighted by Crippen LogP contribution is -2.50. The van der Waals surface area contributed by atoms with E-state index in [1.165, 1.54) is 0 Å². The van der Waals surface area contributed by atoms with Crippen LogP contribution in [0.15, 0.2) is 0 Å². The van der Waals surface area contributed by atoms with Crippen molar-refractivity contribution in [2.75, 3.05) is 19.6 Å². The van der Waals surface area contributed by atoms with Crippen molar-refractivity contribution in [1.82, 2.24) is 10.2 Å². The molecule has 0 spiro atoms. The van der Waals surface area contributed by atoms with Gasteiger partial charge in [-0.2, -0.15) is 0 Å². The lowest BCUT2D eigenvalue weighted by atomic mass is 9.88. The van der Waals surface area contributed by atoms with Crippen LogP contribution < -0.4 is 5.32 Å². The quantitative estimate of drug-likeness (QED) is 0.782. The normalized spacial score (nSPS) is 28.1. The van der Waals surface area contributed by atoms with Crippen LogP contribution >= 0.6 is 0 Å². The molecule has 0 aromatic rings. The van der Waals surface area contributed by atoms with Crippen molar-refractivity contribution in [2.24, 2.45) is 5.92 Å². The average Bonchev–Trinajstić information content (AvgIpc) is 2.37. The molecular weight excluding hydrogens is 264 g/mol. The van der Waals surface area contributed by atoms with Crippen molar-refractivity contribution in [3.8, 4) is 0 Å². The van der Waals surface area contributed by atoms with Gasteiger partial charge in [0.1, 0.15) is 5.78 Å². The van der Waals surface area contributed by atoms with Crippen LogP contribution in [0, 0.1) is 5.92 Å². The minimum absolute atomic E-state index is 0.152. The van der Waals surface area contributed by atoms with Crippen LogP contribution in [0.1, 0.15) is 53.4 Å². The Morgan fingerprint density at radius 1 is 1.14 bits per heavy atom. The molecule has 122 valence electrons. The molecule has 0 amide bonds. The Balaban J connectivity index is 1.59. The first-order valence-electron chi connectivity index (χ1n) is 8.60. The fourth-order valence-electron chi connectivity index (χ4n) is 3.16. The van der Waals surface area contributed by atoms with Gasteiger partial charge in [-0.15, -0.1) is 0 Å². The highest BCUT2D eigenvalue weighted by molar-refractivity contribution is 5.82. The molecule has 4 heteroatoms. The lowest BCUT2D eigenvalue weighted by Gasteiger charge is -2.41. The van der Waals surface area contributed by atoms with Crippen molar-refractivity contribution in [2.45, 2.75) is 77.7 Å². The van der Waals surface area contributed by atoms with E-state index in [9.17, 15) is 4.79 Å². The van der Waals surface area contributed by atoms with Crippen LogP contribution in [0.4, 0.5) is 0 Å². The lowest BCUT2D eigenvalue weighted by molar-refractivity contribution is -0.124. The van der Waals surface area contributed by atoms with Crippen LogP contribution in [0.5, 0.6) is 0 Å². The molecule has 0 radical (unpaired) electrons. The van der Waals surface area contributed by atoms with Gasteiger partial charge in [-0.1, -0.05) is 27.7 Å². The third-order valence-electron chi connectivity index (χ3n) is 4.61. The van der Waals surface area contributed by atoms with Crippen molar-refractivity contribution < 1.29 is 9.53 Å². The number of Topliss-reactive ketones (excluding diaryl/α,β-unsaturated/α-hetero) is 1. The van der Waals surface area contributed by atoms with Crippen LogP contribution in [-0.4, -0.2) is 54.6 Å². The summed E-state index contributed by atoms with van der Waals surface area (Å²) in [6, 6.07) is 1.22. The van der Waals surface area contributed by atoms with Gasteiger partial charge in [0, 0.05) is 31.1 Å². The number of carbonyl (C=O) groups is 1. The van der Waals surface area contributed by atoms with Gasteiger partial charge in [-0.3, -0.25) is 9.69 Å². The zero-order valence-corrected chi connectivity index (χ0v) is 14.1. The van der Waals surface area contributed by atoms with Gasteiger partial charge >= 0.3 is 0 Å². The minimum atomic E-state index is 0.152. The second-order valence-corrected chi connectivity index (χ2v) is 7.34. The Labute approximate surface area is 129 Å². The number of rotatable bonds is 7. The Kier molecular flexibility index (Phi) is 6.20. The average molecular weight is 296 g/mol. The molecule has 21 heavy (non-hydrogen) atoms. The summed E-state index contributed by atoms with van der Waals surface area (Å²) in [7, 11) is 0. The van der Waals surface area contributed by atoms with Crippen LogP contribution in [-0.2, 0) is 9.53 Å². The summed E-state index contributed by atoms with van der Waals surface area (Å²) in [4.78, 5) is 14.1. The smallest absolute Gasteiger partial charge is 0.149 e. The van der Waals surface area contributed by atoms with E-state index in [1.54, 1.807) is 0 Å². The predicted octanol–water partition coefficient (Wildman–Crippen LogP) is 2.22. The van der Waals surface area contributed by atoms with E-state index in [2.05, 4.69) is 24.1 Å². The molecular formula is C17H32N2O2. The molecule has 1 N–H and O–H groups in total. The number of hydrogen-bond acceptors (Lipinski definition) is 4. The molecule has 2 rings (SSSR count). The van der Waals surface area contributed by atoms with E-state index in [0.717, 1.165) is 38.8 Å². The fourth-order valence-corrected chi connectivity index (χ4v) is 3.16. The summed E-state index contributed by atoms with van der Waals surface area (Å²) in [6.07, 6.45) is 5.32. The van der Waals surface area contributed by atoms with Gasteiger partial charge in [0.2, 0.25) is 0 Å². The molecule has 0 bridgehead atoms. The van der Waals surface area contributed by atoms with Crippen molar-refractivity contribution in [3.05, 3.63) is 0 Å². The Bertz CT molecular complexity index is 330. The Hall–Kier alpha value is -0.450. The Morgan fingerprint density at radius 3 is 2.29 bits per heavy atom. The third kappa shape index (κ3) is 5.35. The summed E-state index contributed by atoms with van der Waals surface area (Å²) >= 11 is 0. The number of hydrogen-bond donors (Lipinski definition) is 1. The summed E-state index contributed by atoms with van der Waals surface area (Å²) < 4.78 is 6.19. The number of nitrogens with zero attached hydrogens (tertiary/aromatic N) is 1. The van der Waals surface area contributed by atoms with Gasteiger partial charge < -0.3 is 10.1 Å². The summed E-state index contributed by atoms with van der Waals surface area (Å²) in [5.74, 6) is 0.510. The molecule has 1 saturated heterocycles. The maximum absolute atomic E-state index is 11.8. The highest BCUT2D eigenvalue weighted by atomic mass is 16.5. The number of ketones is 1. The second kappa shape index (κ2) is 7.70. The van der Waals surface area contributed by atoms with Gasteiger partial charge in [-0.05, 0) is 25.7 Å². The number of piperidine rings is 1. The molecule has 1 saturated carbocycles. The van der Waals surface area contributed by atoms with E-state index < -0.39 is 0 Å². The van der Waals surface area contributed by atoms with E-state index >= 15 is 0 Å². The second-order valence-electron chi connectivity index (χ2n) is 7.34. The standard InChI is InChI=1S/C17H32N2O2/c1-12(2)17(20)11-19-7-5-15(6-8-19)21-16-9-14(10-16)18-13(3)4/h12-16,18H,5-11H2,1-4H3/t14-,16-. The molecule has 1 heterocycles. The first-order valence-corrected chi connectivity index (χ1v) is 8.60. The maximum Gasteiger partial charge on any atom is 0.149 e. The zero-order chi connectivity index (χ0) is 15.4. The number of nitrogens with one attached hydrogen (secondary N) is 1. The van der Waals surface area contributed by atoms with Crippen molar-refractivity contribution in [3.63, 3.8) is 0 Å². The first-order chi connectivity index (χ1) is 9.94. The molecule has 2 fully saturated rings. The van der Waals surface area contributed by atoms with Crippen LogP contribution in [0.3, 0.4) is 0 Å². The van der Waals surface area contributed by atoms with Crippen molar-refractivity contribution >= 4 is 5.78 Å². The monoisotopic (exact) mass is 296 g/mol. The number of carbonyl (C=O) groups excluding carboxylic acids is 1. The molecule has 1 aliphatic carbocycles. The van der Waals surface area contributed by atoms with E-state index in [1.807, 2.05) is 13.8 Å². The summed E-state index contributed by atoms with van der Waals surface area (Å²) in [5, 5.41) is 3.56. The fraction of sp³-hybridized carbons (Fsp3) is 0.941. The van der Waals surface area contributed by atoms with E-state index in [-0.39, 0.29) is 5.92 Å². The SMILES string of the molecule is CC(C)N[C@H]1C[C@H](OC2CCN(CC(=O)C(C)C)CC2)C1. The molecule has 0 atom stereocenters. The summed E-state index contributed by atoms with van der Waals surface area (Å²) in [6.45, 7) is 11.0. The Morgan fingerprint density at radius 2 is 1.76 bits per heavy atom. The molecule has 1 aliphatic heterocycles. The van der Waals surface area contributed by atoms with Gasteiger partial charge in [0.15, 0.2) is 0 Å². The topological polar surface area (TPSA) is 41.6 Å². The van der Waals surface area contributed by atoms with Gasteiger partial charge in [0.05, 0.1) is 18.8 Å². The molecule has 0 aromatic heterocycles. The van der Waals surface area contributed by atoms with Crippen LogP contribution in [0.25, 0.3) is 0 Å². The summed E-state index contributed by atoms with van der Waals surface area (Å²) in [5.41, 5.74) is 0. The number of likely N-dealkylation sites (tertiary alicyclic amines) is 1. The molecule has 0 aromatic carbocycles. The molecule has 4 nitrogen and oxygen atoms in total. The highest BCUT2D eigenvalue weighted by Crippen LogP contribution is 2.27. The largest absolute Gasteiger partial charge is 0.375 e. The zero-order valence-electron chi connectivity index (χ0n) is 14.1. The minimum Gasteiger partial charge on any atom is -0.375 e. The molecule has 0 unspecified atom stereocenters. The number of ether oxygens (including phenoxy) is 1. The molecule has 2 aliphatic rings. The first kappa shape index (κ1) is 16.9. The van der Waals surface area contributed by atoms with Crippen LogP contribution in [0.2, 0.25) is 0 Å². The highest BCUT2D eigenvalue weighted by Gasteiger charge is 2.33. The third-order valence-corrected chi connectivity index (χ3v) is 4.61.